The maximum absolute atomic E-state index is 12.7. The molecule has 9 nitrogen and oxygen atoms in total. The summed E-state index contributed by atoms with van der Waals surface area (Å²) in [6, 6.07) is 9.77. The highest BCUT2D eigenvalue weighted by Crippen LogP contribution is 2.21. The summed E-state index contributed by atoms with van der Waals surface area (Å²) in [4.78, 5) is 17.1. The van der Waals surface area contributed by atoms with Gasteiger partial charge in [-0.2, -0.15) is 4.98 Å². The molecule has 2 N–H and O–H groups in total. The lowest BCUT2D eigenvalue weighted by atomic mass is 10.1. The lowest BCUT2D eigenvalue weighted by Gasteiger charge is -2.23. The summed E-state index contributed by atoms with van der Waals surface area (Å²) in [5.41, 5.74) is 2.21. The predicted octanol–water partition coefficient (Wildman–Crippen LogP) is 1.98. The molecule has 1 saturated heterocycles. The first-order chi connectivity index (χ1) is 14.1. The van der Waals surface area contributed by atoms with E-state index in [0.29, 0.717) is 23.8 Å². The maximum atomic E-state index is 12.7. The number of nitrogens with zero attached hydrogens (tertiary/aromatic N) is 5. The number of hydrogen-bond donors (Lipinski definition) is 2. The topological polar surface area (TPSA) is 111 Å². The van der Waals surface area contributed by atoms with Crippen molar-refractivity contribution in [3.8, 4) is 0 Å². The van der Waals surface area contributed by atoms with Crippen molar-refractivity contribution in [1.82, 2.24) is 35.8 Å². The van der Waals surface area contributed by atoms with Crippen LogP contribution in [0.3, 0.4) is 0 Å². The van der Waals surface area contributed by atoms with Crippen molar-refractivity contribution in [3.63, 3.8) is 0 Å². The molecule has 1 amide bonds. The normalized spacial score (nSPS) is 15.9. The first-order valence-corrected chi connectivity index (χ1v) is 9.91. The number of nitrogens with one attached hydrogen (secondary N) is 2. The fraction of sp³-hybridized carbons (Fsp3) is 0.450. The van der Waals surface area contributed by atoms with Crippen molar-refractivity contribution in [2.45, 2.75) is 45.2 Å². The lowest BCUT2D eigenvalue weighted by molar-refractivity contribution is 0.0926. The Kier molecular flexibility index (Phi) is 5.66. The van der Waals surface area contributed by atoms with E-state index < -0.39 is 6.04 Å². The average Bonchev–Trinajstić information content (AvgIpc) is 3.36. The summed E-state index contributed by atoms with van der Waals surface area (Å²) in [6.07, 6.45) is 2.54. The van der Waals surface area contributed by atoms with Crippen molar-refractivity contribution < 1.29 is 9.32 Å². The van der Waals surface area contributed by atoms with Crippen molar-refractivity contribution >= 4 is 5.91 Å². The van der Waals surface area contributed by atoms with Gasteiger partial charge in [-0.25, -0.2) is 4.68 Å². The van der Waals surface area contributed by atoms with E-state index in [1.165, 1.54) is 0 Å². The first-order valence-electron chi connectivity index (χ1n) is 9.91. The summed E-state index contributed by atoms with van der Waals surface area (Å²) < 4.78 is 7.21. The molecule has 0 spiro atoms. The fourth-order valence-electron chi connectivity index (χ4n) is 3.57. The molecule has 1 fully saturated rings. The Balaban J connectivity index is 1.40. The molecule has 0 saturated carbocycles. The minimum Gasteiger partial charge on any atom is -0.339 e. The van der Waals surface area contributed by atoms with Gasteiger partial charge >= 0.3 is 0 Å². The van der Waals surface area contributed by atoms with Crippen molar-refractivity contribution in [3.05, 3.63) is 59.0 Å². The van der Waals surface area contributed by atoms with E-state index in [1.807, 2.05) is 48.9 Å². The van der Waals surface area contributed by atoms with E-state index in [9.17, 15) is 4.79 Å². The van der Waals surface area contributed by atoms with Gasteiger partial charge < -0.3 is 15.2 Å². The molecule has 0 bridgehead atoms. The van der Waals surface area contributed by atoms with Crippen LogP contribution in [0.5, 0.6) is 0 Å². The molecule has 1 aromatic carbocycles. The largest absolute Gasteiger partial charge is 0.339 e. The van der Waals surface area contributed by atoms with Gasteiger partial charge in [-0.05, 0) is 45.3 Å². The molecule has 2 aromatic heterocycles. The van der Waals surface area contributed by atoms with Gasteiger partial charge in [0, 0.05) is 6.42 Å². The summed E-state index contributed by atoms with van der Waals surface area (Å²) in [7, 11) is 0. The monoisotopic (exact) mass is 395 g/mol. The second-order valence-electron chi connectivity index (χ2n) is 7.36. The Labute approximate surface area is 168 Å². The molecule has 3 aromatic rings. The van der Waals surface area contributed by atoms with Gasteiger partial charge in [-0.3, -0.25) is 4.79 Å². The third kappa shape index (κ3) is 4.34. The maximum Gasteiger partial charge on any atom is 0.274 e. The Morgan fingerprint density at radius 1 is 1.31 bits per heavy atom. The fourth-order valence-corrected chi connectivity index (χ4v) is 3.57. The van der Waals surface area contributed by atoms with Crippen LogP contribution in [-0.2, 0) is 6.42 Å². The summed E-state index contributed by atoms with van der Waals surface area (Å²) in [5.74, 6) is 0.658. The van der Waals surface area contributed by atoms with Gasteiger partial charge in [0.05, 0.1) is 11.7 Å². The van der Waals surface area contributed by atoms with Crippen LogP contribution in [-0.4, -0.2) is 44.1 Å². The Bertz CT molecular complexity index is 960. The van der Waals surface area contributed by atoms with Crippen LogP contribution in [0.2, 0.25) is 0 Å². The van der Waals surface area contributed by atoms with Crippen LogP contribution < -0.4 is 10.6 Å². The predicted molar refractivity (Wildman–Crippen MR) is 105 cm³/mol. The second-order valence-corrected chi connectivity index (χ2v) is 7.36. The van der Waals surface area contributed by atoms with Crippen molar-refractivity contribution in [2.75, 3.05) is 13.1 Å². The van der Waals surface area contributed by atoms with Crippen LogP contribution in [0.25, 0.3) is 0 Å². The molecule has 1 unspecified atom stereocenters. The van der Waals surface area contributed by atoms with Crippen LogP contribution in [0.4, 0.5) is 0 Å². The number of rotatable bonds is 6. The minimum absolute atomic E-state index is 0.277. The van der Waals surface area contributed by atoms with E-state index in [1.54, 1.807) is 0 Å². The molecule has 4 rings (SSSR count). The molecule has 1 aliphatic rings. The molecule has 0 aliphatic carbocycles. The Hall–Kier alpha value is -3.07. The number of carbonyl (C=O) groups is 1. The third-order valence-corrected chi connectivity index (χ3v) is 5.20. The van der Waals surface area contributed by atoms with Gasteiger partial charge in [0.25, 0.3) is 5.91 Å². The highest BCUT2D eigenvalue weighted by Gasteiger charge is 2.25. The minimum atomic E-state index is -0.428. The van der Waals surface area contributed by atoms with E-state index in [-0.39, 0.29) is 11.9 Å². The zero-order valence-corrected chi connectivity index (χ0v) is 16.6. The molecule has 152 valence electrons. The van der Waals surface area contributed by atoms with Gasteiger partial charge in [-0.15, -0.1) is 5.10 Å². The number of carbonyl (C=O) groups excluding carboxylic acids is 1. The molecule has 1 aliphatic heterocycles. The smallest absolute Gasteiger partial charge is 0.274 e. The molecular formula is C20H25N7O2. The van der Waals surface area contributed by atoms with Crippen molar-refractivity contribution in [2.24, 2.45) is 0 Å². The molecule has 0 radical (unpaired) electrons. The Morgan fingerprint density at radius 3 is 2.83 bits per heavy atom. The zero-order chi connectivity index (χ0) is 20.2. The molecule has 1 atom stereocenters. The molecule has 9 heteroatoms. The second kappa shape index (κ2) is 8.52. The van der Waals surface area contributed by atoms with E-state index in [2.05, 4.69) is 31.1 Å². The quantitative estimate of drug-likeness (QED) is 0.656. The number of hydrogen-bond acceptors (Lipinski definition) is 7. The van der Waals surface area contributed by atoms with Gasteiger partial charge in [0.15, 0.2) is 11.5 Å². The third-order valence-electron chi connectivity index (χ3n) is 5.20. The first kappa shape index (κ1) is 19.3. The molecule has 29 heavy (non-hydrogen) atoms. The zero-order valence-electron chi connectivity index (χ0n) is 16.6. The summed E-state index contributed by atoms with van der Waals surface area (Å²) in [5, 5.41) is 18.6. The average molecular weight is 395 g/mol. The summed E-state index contributed by atoms with van der Waals surface area (Å²) >= 11 is 0. The van der Waals surface area contributed by atoms with Crippen LogP contribution in [0.1, 0.15) is 65.3 Å². The lowest BCUT2D eigenvalue weighted by Crippen LogP contribution is -2.31. The van der Waals surface area contributed by atoms with Crippen LogP contribution in [0.15, 0.2) is 34.9 Å². The highest BCUT2D eigenvalue weighted by atomic mass is 16.5. The standard InChI is InChI=1S/C20H25N7O2/c1-13(20-23-17(25-29-20)12-15-6-4-3-5-7-15)22-19(28)18-14(2)27(26-24-18)16-8-10-21-11-9-16/h3-7,13,16,21H,8-12H2,1-2H3,(H,22,28). The van der Waals surface area contributed by atoms with E-state index in [0.717, 1.165) is 37.2 Å². The highest BCUT2D eigenvalue weighted by molar-refractivity contribution is 5.93. The number of amides is 1. The number of aromatic nitrogens is 5. The number of piperidine rings is 1. The van der Waals surface area contributed by atoms with Gasteiger partial charge in [-0.1, -0.05) is 40.7 Å². The van der Waals surface area contributed by atoms with Crippen LogP contribution >= 0.6 is 0 Å². The summed E-state index contributed by atoms with van der Waals surface area (Å²) in [6.45, 7) is 5.59. The molecule has 3 heterocycles. The molecular weight excluding hydrogens is 370 g/mol. The Morgan fingerprint density at radius 2 is 2.07 bits per heavy atom. The SMILES string of the molecule is Cc1c(C(=O)NC(C)c2nc(Cc3ccccc3)no2)nnn1C1CCNCC1. The van der Waals surface area contributed by atoms with Gasteiger partial charge in [0.1, 0.15) is 6.04 Å². The van der Waals surface area contributed by atoms with Crippen molar-refractivity contribution in [1.29, 1.82) is 0 Å². The number of benzene rings is 1. The van der Waals surface area contributed by atoms with Crippen LogP contribution in [0, 0.1) is 6.92 Å². The van der Waals surface area contributed by atoms with E-state index >= 15 is 0 Å². The van der Waals surface area contributed by atoms with Gasteiger partial charge in [0.2, 0.25) is 5.89 Å². The van der Waals surface area contributed by atoms with E-state index in [4.69, 9.17) is 4.52 Å².